The number of ether oxygens (including phenoxy) is 2. The fourth-order valence-corrected chi connectivity index (χ4v) is 5.56. The van der Waals surface area contributed by atoms with Crippen LogP contribution in [-0.4, -0.2) is 42.6 Å². The zero-order valence-corrected chi connectivity index (χ0v) is 22.7. The van der Waals surface area contributed by atoms with Crippen LogP contribution in [0.25, 0.3) is 10.6 Å². The van der Waals surface area contributed by atoms with Gasteiger partial charge < -0.3 is 14.8 Å². The molecule has 0 spiro atoms. The maximum Gasteiger partial charge on any atom is 0.321 e. The predicted octanol–water partition coefficient (Wildman–Crippen LogP) is 4.81. The third-order valence-electron chi connectivity index (χ3n) is 4.37. The number of thiazole rings is 2. The van der Waals surface area contributed by atoms with E-state index in [-0.39, 0.29) is 39.6 Å². The van der Waals surface area contributed by atoms with E-state index in [0.29, 0.717) is 10.8 Å². The number of aromatic nitrogens is 4. The molecule has 0 fully saturated rings. The highest BCUT2D eigenvalue weighted by Gasteiger charge is 2.17. The first-order valence-electron chi connectivity index (χ1n) is 9.54. The van der Waals surface area contributed by atoms with Crippen LogP contribution in [0.2, 0.25) is 0 Å². The van der Waals surface area contributed by atoms with Gasteiger partial charge in [-0.3, -0.25) is 4.72 Å². The number of sulfonamides is 1. The topological polar surface area (TPSA) is 128 Å². The minimum Gasteiger partial charge on any atom is -0.481 e. The number of nitrogens with zero attached hydrogens (tertiary/aromatic N) is 4. The van der Waals surface area contributed by atoms with E-state index in [1.165, 1.54) is 43.8 Å². The number of nitrogens with one attached hydrogen (secondary N) is 2. The minimum absolute atomic E-state index is 0. The molecule has 0 aliphatic heterocycles. The highest BCUT2D eigenvalue weighted by Crippen LogP contribution is 2.33. The Kier molecular flexibility index (Phi) is 8.07. The minimum atomic E-state index is -3.89. The van der Waals surface area contributed by atoms with E-state index < -0.39 is 10.0 Å². The lowest BCUT2D eigenvalue weighted by molar-refractivity contribution is 0.353. The molecule has 0 bridgehead atoms. The van der Waals surface area contributed by atoms with Crippen molar-refractivity contribution in [2.75, 3.05) is 24.3 Å². The second kappa shape index (κ2) is 10.6. The molecule has 1 aromatic carbocycles. The van der Waals surface area contributed by atoms with Gasteiger partial charge in [0.05, 0.1) is 40.4 Å². The summed E-state index contributed by atoms with van der Waals surface area (Å²) in [5.41, 5.74) is 2.53. The van der Waals surface area contributed by atoms with Gasteiger partial charge in [-0.2, -0.15) is 9.97 Å². The molecule has 180 valence electrons. The number of aryl methyl sites for hydroxylation is 2. The molecule has 4 rings (SSSR count). The van der Waals surface area contributed by atoms with Gasteiger partial charge in [0.2, 0.25) is 5.88 Å². The molecule has 0 unspecified atom stereocenters. The number of benzene rings is 1. The molecule has 0 aliphatic rings. The molecule has 0 aliphatic carbocycles. The average Bonchev–Trinajstić information content (AvgIpc) is 3.38. The molecule has 0 atom stereocenters. The Hall–Kier alpha value is -2.81. The molecular formula is C20H21BrN6O4S3. The molecule has 2 N–H and O–H groups in total. The predicted molar refractivity (Wildman–Crippen MR) is 139 cm³/mol. The molecule has 3 aromatic heterocycles. The van der Waals surface area contributed by atoms with Gasteiger partial charge in [-0.1, -0.05) is 0 Å². The molecule has 0 saturated heterocycles. The summed E-state index contributed by atoms with van der Waals surface area (Å²) in [6.07, 6.45) is 0. The maximum atomic E-state index is 12.8. The van der Waals surface area contributed by atoms with Crippen molar-refractivity contribution in [1.29, 1.82) is 0 Å². The van der Waals surface area contributed by atoms with E-state index >= 15 is 0 Å². The van der Waals surface area contributed by atoms with Crippen molar-refractivity contribution >= 4 is 66.3 Å². The van der Waals surface area contributed by atoms with Crippen LogP contribution in [0.15, 0.2) is 40.6 Å². The average molecular weight is 586 g/mol. The first kappa shape index (κ1) is 25.8. The summed E-state index contributed by atoms with van der Waals surface area (Å²) in [6, 6.07) is 7.66. The van der Waals surface area contributed by atoms with E-state index in [1.807, 2.05) is 19.2 Å². The number of hydrogen-bond acceptors (Lipinski definition) is 11. The summed E-state index contributed by atoms with van der Waals surface area (Å²) in [5.74, 6) is 0.204. The lowest BCUT2D eigenvalue weighted by atomic mass is 10.3. The lowest BCUT2D eigenvalue weighted by Gasteiger charge is -2.10. The fraction of sp³-hybridized carbons (Fsp3) is 0.200. The summed E-state index contributed by atoms with van der Waals surface area (Å²) in [7, 11) is -1.09. The number of anilines is 3. The Morgan fingerprint density at radius 2 is 1.71 bits per heavy atom. The van der Waals surface area contributed by atoms with Gasteiger partial charge in [0.15, 0.2) is 10.9 Å². The van der Waals surface area contributed by atoms with Crippen LogP contribution in [0, 0.1) is 13.8 Å². The van der Waals surface area contributed by atoms with Crippen molar-refractivity contribution in [2.45, 2.75) is 18.7 Å². The van der Waals surface area contributed by atoms with Gasteiger partial charge in [0.25, 0.3) is 10.0 Å². The summed E-state index contributed by atoms with van der Waals surface area (Å²) >= 11 is 3.07. The van der Waals surface area contributed by atoms with Crippen LogP contribution in [-0.2, 0) is 10.0 Å². The number of methoxy groups -OCH3 is 2. The van der Waals surface area contributed by atoms with Crippen molar-refractivity contribution in [3.63, 3.8) is 0 Å². The summed E-state index contributed by atoms with van der Waals surface area (Å²) in [6.45, 7) is 3.93. The third kappa shape index (κ3) is 5.81. The zero-order chi connectivity index (χ0) is 23.6. The van der Waals surface area contributed by atoms with Crippen LogP contribution < -0.4 is 19.5 Å². The molecule has 0 amide bonds. The normalized spacial score (nSPS) is 10.9. The van der Waals surface area contributed by atoms with Crippen molar-refractivity contribution in [3.05, 3.63) is 46.4 Å². The quantitative estimate of drug-likeness (QED) is 0.299. The molecule has 0 saturated carbocycles. The second-order valence-electron chi connectivity index (χ2n) is 6.72. The van der Waals surface area contributed by atoms with Crippen LogP contribution >= 0.6 is 39.7 Å². The smallest absolute Gasteiger partial charge is 0.321 e. The van der Waals surface area contributed by atoms with Crippen LogP contribution in [0.4, 0.5) is 16.6 Å². The summed E-state index contributed by atoms with van der Waals surface area (Å²) in [4.78, 5) is 18.1. The Bertz CT molecular complexity index is 1370. The van der Waals surface area contributed by atoms with E-state index in [9.17, 15) is 8.42 Å². The van der Waals surface area contributed by atoms with Gasteiger partial charge in [-0.05, 0) is 38.1 Å². The van der Waals surface area contributed by atoms with E-state index in [1.54, 1.807) is 23.5 Å². The van der Waals surface area contributed by atoms with Gasteiger partial charge in [-0.15, -0.1) is 39.7 Å². The van der Waals surface area contributed by atoms with Gasteiger partial charge >= 0.3 is 6.01 Å². The van der Waals surface area contributed by atoms with Crippen molar-refractivity contribution in [2.24, 2.45) is 0 Å². The van der Waals surface area contributed by atoms with E-state index in [2.05, 4.69) is 30.0 Å². The largest absolute Gasteiger partial charge is 0.481 e. The standard InChI is InChI=1S/C20H20N6O4S3.BrH/c1-11-18(32-12(2)21-11)15-10-31-20(23-15)22-13-5-7-14(8-6-13)33(27,28)26-16-9-17(29-3)25-19(24-16)30-4;/h5-10H,1-4H3,(H,22,23)(H,24,25,26);1H. The molecule has 14 heteroatoms. The highest BCUT2D eigenvalue weighted by molar-refractivity contribution is 8.93. The Balaban J connectivity index is 0.00000324. The van der Waals surface area contributed by atoms with Crippen LogP contribution in [0.1, 0.15) is 10.7 Å². The molecule has 34 heavy (non-hydrogen) atoms. The van der Waals surface area contributed by atoms with Crippen molar-refractivity contribution < 1.29 is 17.9 Å². The fourth-order valence-electron chi connectivity index (χ4n) is 2.89. The van der Waals surface area contributed by atoms with E-state index in [4.69, 9.17) is 9.47 Å². The van der Waals surface area contributed by atoms with Gasteiger partial charge in [-0.25, -0.2) is 18.4 Å². The number of halogens is 1. The molecule has 3 heterocycles. The lowest BCUT2D eigenvalue weighted by Crippen LogP contribution is -2.14. The molecule has 10 nitrogen and oxygen atoms in total. The van der Waals surface area contributed by atoms with Crippen molar-refractivity contribution in [1.82, 2.24) is 19.9 Å². The molecule has 0 radical (unpaired) electrons. The SMILES string of the molecule is Br.COc1cc(NS(=O)(=O)c2ccc(Nc3nc(-c4sc(C)nc4C)cs3)cc2)nc(OC)n1. The third-order valence-corrected chi connectivity index (χ3v) is 7.59. The van der Waals surface area contributed by atoms with Gasteiger partial charge in [0.1, 0.15) is 0 Å². The van der Waals surface area contributed by atoms with Gasteiger partial charge in [0, 0.05) is 17.1 Å². The Morgan fingerprint density at radius 1 is 0.971 bits per heavy atom. The highest BCUT2D eigenvalue weighted by atomic mass is 79.9. The summed E-state index contributed by atoms with van der Waals surface area (Å²) in [5, 5.41) is 6.86. The summed E-state index contributed by atoms with van der Waals surface area (Å²) < 4.78 is 38.0. The maximum absolute atomic E-state index is 12.8. The van der Waals surface area contributed by atoms with Crippen LogP contribution in [0.3, 0.4) is 0 Å². The number of hydrogen-bond donors (Lipinski definition) is 2. The first-order valence-corrected chi connectivity index (χ1v) is 12.7. The van der Waals surface area contributed by atoms with E-state index in [0.717, 1.165) is 21.3 Å². The zero-order valence-electron chi connectivity index (χ0n) is 18.5. The van der Waals surface area contributed by atoms with Crippen LogP contribution in [0.5, 0.6) is 11.9 Å². The number of rotatable bonds is 8. The molecule has 4 aromatic rings. The second-order valence-corrected chi connectivity index (χ2v) is 10.5. The molecular weight excluding hydrogens is 564 g/mol. The van der Waals surface area contributed by atoms with Crippen molar-refractivity contribution in [3.8, 4) is 22.5 Å². The monoisotopic (exact) mass is 584 g/mol. The Labute approximate surface area is 215 Å². The Morgan fingerprint density at radius 3 is 2.32 bits per heavy atom. The first-order chi connectivity index (χ1) is 15.8.